The molecule has 1 aliphatic heterocycles. The van der Waals surface area contributed by atoms with Crippen LogP contribution in [0.4, 0.5) is 4.39 Å². The monoisotopic (exact) mass is 363 g/mol. The lowest BCUT2D eigenvalue weighted by Gasteiger charge is -1.92. The van der Waals surface area contributed by atoms with Crippen molar-refractivity contribution in [2.45, 2.75) is 9.79 Å². The molecule has 0 saturated carbocycles. The molecule has 2 aromatic heterocycles. The van der Waals surface area contributed by atoms with Crippen LogP contribution in [0.3, 0.4) is 0 Å². The number of allylic oxidation sites excluding steroid dienone is 1. The summed E-state index contributed by atoms with van der Waals surface area (Å²) in [6, 6.07) is 6.85. The minimum absolute atomic E-state index is 0.0442. The van der Waals surface area contributed by atoms with Crippen LogP contribution in [0.5, 0.6) is 0 Å². The zero-order valence-corrected chi connectivity index (χ0v) is 13.2. The maximum atomic E-state index is 12.9. The summed E-state index contributed by atoms with van der Waals surface area (Å²) in [7, 11) is -2.88. The molecule has 8 nitrogen and oxygen atoms in total. The van der Waals surface area contributed by atoms with Crippen molar-refractivity contribution in [3.63, 3.8) is 0 Å². The highest BCUT2D eigenvalue weighted by Crippen LogP contribution is 2.38. The lowest BCUT2D eigenvalue weighted by Crippen LogP contribution is -1.98. The van der Waals surface area contributed by atoms with E-state index in [4.69, 9.17) is 0 Å². The largest absolute Gasteiger partial charge is 0.504 e. The fraction of sp³-hybridized carbons (Fsp3) is 0. The number of furan rings is 1. The van der Waals surface area contributed by atoms with Crippen LogP contribution >= 0.6 is 0 Å². The molecule has 0 bridgehead atoms. The average molecular weight is 363 g/mol. The van der Waals surface area contributed by atoms with E-state index in [0.29, 0.717) is 9.79 Å². The molecular weight excluding hydrogens is 353 g/mol. The molecular formula is C15H10FN3O5S. The number of hydrogen-bond acceptors (Lipinski definition) is 7. The summed E-state index contributed by atoms with van der Waals surface area (Å²) in [5.41, 5.74) is -0.262. The Hall–Kier alpha value is -3.27. The molecule has 1 aliphatic rings. The number of aliphatic hydroxyl groups is 1. The number of aromatic nitrogens is 3. The Balaban J connectivity index is 0.000000170. The highest BCUT2D eigenvalue weighted by atomic mass is 32.2. The van der Waals surface area contributed by atoms with E-state index >= 15 is 0 Å². The van der Waals surface area contributed by atoms with Gasteiger partial charge in [-0.15, -0.1) is 0 Å². The maximum Gasteiger partial charge on any atom is 0.289 e. The number of nitrogens with one attached hydrogen (secondary N) is 1. The summed E-state index contributed by atoms with van der Waals surface area (Å²) >= 11 is 0. The summed E-state index contributed by atoms with van der Waals surface area (Å²) in [5, 5.41) is 15.3. The van der Waals surface area contributed by atoms with E-state index in [9.17, 15) is 22.7 Å². The Bertz CT molecular complexity index is 1030. The Morgan fingerprint density at radius 2 is 1.92 bits per heavy atom. The topological polar surface area (TPSA) is 126 Å². The van der Waals surface area contributed by atoms with Gasteiger partial charge >= 0.3 is 0 Å². The molecule has 128 valence electrons. The molecule has 0 radical (unpaired) electrons. The van der Waals surface area contributed by atoms with Crippen LogP contribution < -0.4 is 0 Å². The number of carbonyl (C=O) groups excluding carboxylic acids is 1. The van der Waals surface area contributed by atoms with Gasteiger partial charge in [-0.3, -0.25) is 9.89 Å². The number of aliphatic hydroxyl groups excluding tert-OH is 1. The molecule has 0 amide bonds. The SMILES string of the molecule is O=C(C=C(O)c1nc[nH]n1)c1ccoc1F.O=S1(=O)c2ccccc21. The van der Waals surface area contributed by atoms with Gasteiger partial charge in [0.05, 0.1) is 21.6 Å². The Labute approximate surface area is 140 Å². The van der Waals surface area contributed by atoms with E-state index in [0.717, 1.165) is 12.3 Å². The first kappa shape index (κ1) is 16.6. The van der Waals surface area contributed by atoms with Gasteiger partial charge in [-0.25, -0.2) is 13.4 Å². The van der Waals surface area contributed by atoms with E-state index in [1.54, 1.807) is 24.3 Å². The van der Waals surface area contributed by atoms with Gasteiger partial charge in [0.15, 0.2) is 11.5 Å². The first-order chi connectivity index (χ1) is 11.9. The van der Waals surface area contributed by atoms with Crippen molar-refractivity contribution in [1.29, 1.82) is 0 Å². The van der Waals surface area contributed by atoms with Gasteiger partial charge in [0.2, 0.25) is 15.7 Å². The smallest absolute Gasteiger partial charge is 0.289 e. The summed E-state index contributed by atoms with van der Waals surface area (Å²) in [6.45, 7) is 0. The van der Waals surface area contributed by atoms with Gasteiger partial charge in [-0.1, -0.05) is 12.1 Å². The molecule has 2 N–H and O–H groups in total. The van der Waals surface area contributed by atoms with Gasteiger partial charge in [0, 0.05) is 6.08 Å². The fourth-order valence-corrected chi connectivity index (χ4v) is 3.22. The highest BCUT2D eigenvalue weighted by molar-refractivity contribution is 7.97. The lowest BCUT2D eigenvalue weighted by molar-refractivity contribution is 0.103. The maximum absolute atomic E-state index is 12.9. The van der Waals surface area contributed by atoms with Crippen molar-refractivity contribution in [1.82, 2.24) is 15.2 Å². The Morgan fingerprint density at radius 1 is 1.24 bits per heavy atom. The van der Waals surface area contributed by atoms with Gasteiger partial charge in [0.1, 0.15) is 6.33 Å². The van der Waals surface area contributed by atoms with Gasteiger partial charge in [-0.2, -0.15) is 9.49 Å². The van der Waals surface area contributed by atoms with Gasteiger partial charge < -0.3 is 9.52 Å². The summed E-state index contributed by atoms with van der Waals surface area (Å²) in [6.07, 6.45) is 3.10. The number of nitrogens with zero attached hydrogens (tertiary/aromatic N) is 2. The molecule has 3 heterocycles. The normalized spacial score (nSPS) is 14.2. The summed E-state index contributed by atoms with van der Waals surface area (Å²) in [5.74, 6) is -1.22. The number of rotatable bonds is 3. The van der Waals surface area contributed by atoms with E-state index in [-0.39, 0.29) is 11.4 Å². The van der Waals surface area contributed by atoms with Crippen LogP contribution in [0.1, 0.15) is 16.2 Å². The van der Waals surface area contributed by atoms with Crippen LogP contribution in [0.25, 0.3) is 5.76 Å². The van der Waals surface area contributed by atoms with Crippen molar-refractivity contribution in [2.24, 2.45) is 0 Å². The van der Waals surface area contributed by atoms with Crippen LogP contribution in [0.15, 0.2) is 63.2 Å². The molecule has 0 unspecified atom stereocenters. The van der Waals surface area contributed by atoms with Crippen LogP contribution in [0.2, 0.25) is 0 Å². The molecule has 0 atom stereocenters. The van der Waals surface area contributed by atoms with Crippen LogP contribution in [-0.4, -0.2) is 34.5 Å². The third-order valence-corrected chi connectivity index (χ3v) is 4.85. The van der Waals surface area contributed by atoms with E-state index < -0.39 is 27.4 Å². The molecule has 0 spiro atoms. The number of benzene rings is 1. The van der Waals surface area contributed by atoms with Crippen molar-refractivity contribution in [3.8, 4) is 0 Å². The second kappa shape index (κ2) is 6.32. The predicted molar refractivity (Wildman–Crippen MR) is 81.9 cm³/mol. The molecule has 4 rings (SSSR count). The van der Waals surface area contributed by atoms with Crippen molar-refractivity contribution in [2.75, 3.05) is 0 Å². The lowest BCUT2D eigenvalue weighted by atomic mass is 10.2. The number of H-pyrrole nitrogens is 1. The number of fused-ring (bicyclic) bond motifs is 1. The Kier molecular flexibility index (Phi) is 4.19. The number of hydrogen-bond donors (Lipinski definition) is 2. The first-order valence-corrected chi connectivity index (χ1v) is 8.28. The van der Waals surface area contributed by atoms with Gasteiger partial charge in [-0.05, 0) is 18.2 Å². The van der Waals surface area contributed by atoms with E-state index in [2.05, 4.69) is 19.6 Å². The van der Waals surface area contributed by atoms with Crippen LogP contribution in [0, 0.1) is 6.01 Å². The van der Waals surface area contributed by atoms with Crippen molar-refractivity contribution < 1.29 is 27.1 Å². The molecule has 0 aliphatic carbocycles. The summed E-state index contributed by atoms with van der Waals surface area (Å²) < 4.78 is 38.6. The minimum atomic E-state index is -2.88. The van der Waals surface area contributed by atoms with Gasteiger partial charge in [0.25, 0.3) is 6.01 Å². The number of halogens is 1. The third kappa shape index (κ3) is 3.33. The molecule has 10 heteroatoms. The predicted octanol–water partition coefficient (Wildman–Crippen LogP) is 2.15. The molecule has 3 aromatic rings. The quantitative estimate of drug-likeness (QED) is 0.247. The average Bonchev–Trinajstić information content (AvgIpc) is 3.07. The third-order valence-electron chi connectivity index (χ3n) is 3.18. The number of aromatic amines is 1. The number of sulfone groups is 1. The fourth-order valence-electron chi connectivity index (χ4n) is 1.92. The van der Waals surface area contributed by atoms with Crippen molar-refractivity contribution in [3.05, 3.63) is 66.4 Å². The number of ketones is 1. The Morgan fingerprint density at radius 3 is 2.40 bits per heavy atom. The van der Waals surface area contributed by atoms with Crippen molar-refractivity contribution >= 4 is 21.4 Å². The van der Waals surface area contributed by atoms with Crippen LogP contribution in [-0.2, 0) is 9.84 Å². The summed E-state index contributed by atoms with van der Waals surface area (Å²) in [4.78, 5) is 16.0. The standard InChI is InChI=1S/C9H6FN3O3.C6H4O2S/c10-8-5(1-2-16-8)6(14)3-7(15)9-11-4-12-13-9;7-9(8)5-3-1-2-4-6(5)9/h1-4,15H,(H,11,12,13);1-4H. The second-order valence-corrected chi connectivity index (χ2v) is 6.66. The molecule has 0 saturated heterocycles. The number of carbonyl (C=O) groups is 1. The van der Waals surface area contributed by atoms with E-state index in [1.165, 1.54) is 12.4 Å². The molecule has 0 fully saturated rings. The molecule has 25 heavy (non-hydrogen) atoms. The highest BCUT2D eigenvalue weighted by Gasteiger charge is 2.37. The zero-order valence-electron chi connectivity index (χ0n) is 12.4. The van der Waals surface area contributed by atoms with E-state index in [1.807, 2.05) is 0 Å². The molecule has 1 aromatic carbocycles. The first-order valence-electron chi connectivity index (χ1n) is 6.79. The minimum Gasteiger partial charge on any atom is -0.504 e. The zero-order chi connectivity index (χ0) is 18.0. The second-order valence-electron chi connectivity index (χ2n) is 4.77.